The minimum atomic E-state index is 0.655. The largest absolute Gasteiger partial charge is 0.357 e. The summed E-state index contributed by atoms with van der Waals surface area (Å²) in [4.78, 5) is 4.34. The van der Waals surface area contributed by atoms with Crippen molar-refractivity contribution in [3.05, 3.63) is 5.82 Å². The molecule has 0 aliphatic heterocycles. The zero-order valence-corrected chi connectivity index (χ0v) is 8.19. The third-order valence-electron chi connectivity index (χ3n) is 2.20. The minimum Gasteiger partial charge on any atom is -0.357 e. The molecule has 1 aliphatic rings. The van der Waals surface area contributed by atoms with Gasteiger partial charge < -0.3 is 5.32 Å². The standard InChI is InChI=1S/C8H13N3S/c1-3-7-10-8(12-11-7)9-6-4-5(6)2/h5-6H,3-4H2,1-2H3,(H,9,10,11). The zero-order chi connectivity index (χ0) is 8.55. The lowest BCUT2D eigenvalue weighted by molar-refractivity contribution is 0.922. The normalized spacial score (nSPS) is 27.2. The molecular weight excluding hydrogens is 170 g/mol. The lowest BCUT2D eigenvalue weighted by atomic mass is 10.5. The van der Waals surface area contributed by atoms with E-state index in [1.807, 2.05) is 0 Å². The van der Waals surface area contributed by atoms with Gasteiger partial charge in [0.15, 0.2) is 0 Å². The molecule has 1 aliphatic carbocycles. The van der Waals surface area contributed by atoms with Gasteiger partial charge in [-0.05, 0) is 12.3 Å². The Kier molecular flexibility index (Phi) is 2.00. The van der Waals surface area contributed by atoms with Crippen LogP contribution in [0.3, 0.4) is 0 Å². The Balaban J connectivity index is 1.95. The second-order valence-electron chi connectivity index (χ2n) is 3.33. The molecule has 66 valence electrons. The summed E-state index contributed by atoms with van der Waals surface area (Å²) in [6, 6.07) is 0.655. The van der Waals surface area contributed by atoms with Crippen molar-refractivity contribution in [2.24, 2.45) is 5.92 Å². The number of hydrogen-bond acceptors (Lipinski definition) is 4. The van der Waals surface area contributed by atoms with E-state index < -0.39 is 0 Å². The number of nitrogens with zero attached hydrogens (tertiary/aromatic N) is 2. The van der Waals surface area contributed by atoms with Crippen LogP contribution in [-0.2, 0) is 6.42 Å². The van der Waals surface area contributed by atoms with Gasteiger partial charge >= 0.3 is 0 Å². The second kappa shape index (κ2) is 3.01. The van der Waals surface area contributed by atoms with Crippen LogP contribution in [-0.4, -0.2) is 15.4 Å². The van der Waals surface area contributed by atoms with E-state index in [0.717, 1.165) is 23.3 Å². The van der Waals surface area contributed by atoms with Crippen molar-refractivity contribution >= 4 is 16.7 Å². The Labute approximate surface area is 76.4 Å². The maximum atomic E-state index is 4.34. The van der Waals surface area contributed by atoms with Crippen LogP contribution in [0.4, 0.5) is 5.13 Å². The minimum absolute atomic E-state index is 0.655. The predicted octanol–water partition coefficient (Wildman–Crippen LogP) is 1.92. The number of nitrogens with one attached hydrogen (secondary N) is 1. The van der Waals surface area contributed by atoms with Crippen molar-refractivity contribution in [3.8, 4) is 0 Å². The van der Waals surface area contributed by atoms with Crippen molar-refractivity contribution in [1.29, 1.82) is 0 Å². The molecule has 1 heterocycles. The third kappa shape index (κ3) is 1.58. The van der Waals surface area contributed by atoms with Gasteiger partial charge in [0.05, 0.1) is 0 Å². The summed E-state index contributed by atoms with van der Waals surface area (Å²) in [7, 11) is 0. The van der Waals surface area contributed by atoms with Crippen LogP contribution < -0.4 is 5.32 Å². The average Bonchev–Trinajstić information content (AvgIpc) is 2.61. The molecule has 2 atom stereocenters. The molecule has 2 unspecified atom stereocenters. The van der Waals surface area contributed by atoms with E-state index >= 15 is 0 Å². The third-order valence-corrected chi connectivity index (χ3v) is 2.89. The Bertz CT molecular complexity index is 271. The van der Waals surface area contributed by atoms with E-state index in [-0.39, 0.29) is 0 Å². The molecule has 0 amide bonds. The fraction of sp³-hybridized carbons (Fsp3) is 0.750. The van der Waals surface area contributed by atoms with Gasteiger partial charge in [-0.3, -0.25) is 0 Å². The van der Waals surface area contributed by atoms with E-state index in [1.54, 1.807) is 0 Å². The molecule has 1 N–H and O–H groups in total. The Morgan fingerprint density at radius 2 is 2.42 bits per heavy atom. The molecule has 3 nitrogen and oxygen atoms in total. The summed E-state index contributed by atoms with van der Waals surface area (Å²) in [6.45, 7) is 4.32. The molecule has 0 saturated heterocycles. The maximum absolute atomic E-state index is 4.34. The summed E-state index contributed by atoms with van der Waals surface area (Å²) in [6.07, 6.45) is 2.21. The molecule has 0 bridgehead atoms. The SMILES string of the molecule is CCc1nsc(NC2CC2C)n1. The van der Waals surface area contributed by atoms with Crippen molar-refractivity contribution in [2.45, 2.75) is 32.7 Å². The molecule has 0 spiro atoms. The average molecular weight is 183 g/mol. The van der Waals surface area contributed by atoms with Gasteiger partial charge in [0.1, 0.15) is 5.82 Å². The smallest absolute Gasteiger partial charge is 0.202 e. The van der Waals surface area contributed by atoms with Crippen molar-refractivity contribution in [3.63, 3.8) is 0 Å². The van der Waals surface area contributed by atoms with E-state index in [9.17, 15) is 0 Å². The van der Waals surface area contributed by atoms with Gasteiger partial charge in [0.25, 0.3) is 0 Å². The van der Waals surface area contributed by atoms with Crippen molar-refractivity contribution in [1.82, 2.24) is 9.36 Å². The van der Waals surface area contributed by atoms with Crippen LogP contribution in [0.1, 0.15) is 26.1 Å². The zero-order valence-electron chi connectivity index (χ0n) is 7.37. The number of rotatable bonds is 3. The molecule has 1 saturated carbocycles. The first kappa shape index (κ1) is 7.98. The first-order chi connectivity index (χ1) is 5.79. The van der Waals surface area contributed by atoms with Crippen molar-refractivity contribution in [2.75, 3.05) is 5.32 Å². The highest BCUT2D eigenvalue weighted by Crippen LogP contribution is 2.32. The van der Waals surface area contributed by atoms with Gasteiger partial charge in [-0.1, -0.05) is 13.8 Å². The second-order valence-corrected chi connectivity index (χ2v) is 4.08. The number of aryl methyl sites for hydroxylation is 1. The van der Waals surface area contributed by atoms with Gasteiger partial charge in [0.2, 0.25) is 5.13 Å². The lowest BCUT2D eigenvalue weighted by Gasteiger charge is -1.96. The molecule has 0 aromatic carbocycles. The fourth-order valence-electron chi connectivity index (χ4n) is 1.14. The summed E-state index contributed by atoms with van der Waals surface area (Å²) < 4.78 is 4.21. The summed E-state index contributed by atoms with van der Waals surface area (Å²) >= 11 is 1.47. The first-order valence-electron chi connectivity index (χ1n) is 4.38. The van der Waals surface area contributed by atoms with E-state index in [1.165, 1.54) is 18.0 Å². The van der Waals surface area contributed by atoms with Crippen LogP contribution in [0, 0.1) is 5.92 Å². The number of aromatic nitrogens is 2. The molecular formula is C8H13N3S. The first-order valence-corrected chi connectivity index (χ1v) is 5.16. The predicted molar refractivity (Wildman–Crippen MR) is 50.5 cm³/mol. The summed E-state index contributed by atoms with van der Waals surface area (Å²) in [5, 5.41) is 4.35. The van der Waals surface area contributed by atoms with E-state index in [2.05, 4.69) is 28.5 Å². The monoisotopic (exact) mass is 183 g/mol. The maximum Gasteiger partial charge on any atom is 0.202 e. The van der Waals surface area contributed by atoms with Crippen molar-refractivity contribution < 1.29 is 0 Å². The molecule has 0 radical (unpaired) electrons. The van der Waals surface area contributed by atoms with E-state index in [4.69, 9.17) is 0 Å². The molecule has 1 aromatic heterocycles. The summed E-state index contributed by atoms with van der Waals surface area (Å²) in [5.74, 6) is 1.77. The van der Waals surface area contributed by atoms with Gasteiger partial charge in [-0.2, -0.15) is 4.37 Å². The number of anilines is 1. The van der Waals surface area contributed by atoms with Gasteiger partial charge in [0, 0.05) is 24.0 Å². The summed E-state index contributed by atoms with van der Waals surface area (Å²) in [5.41, 5.74) is 0. The van der Waals surface area contributed by atoms with Gasteiger partial charge in [-0.15, -0.1) is 0 Å². The van der Waals surface area contributed by atoms with Crippen LogP contribution in [0.15, 0.2) is 0 Å². The highest BCUT2D eigenvalue weighted by Gasteiger charge is 2.33. The topological polar surface area (TPSA) is 37.8 Å². The highest BCUT2D eigenvalue weighted by atomic mass is 32.1. The molecule has 1 aromatic rings. The Morgan fingerprint density at radius 3 is 2.92 bits per heavy atom. The van der Waals surface area contributed by atoms with Crippen LogP contribution in [0.5, 0.6) is 0 Å². The Morgan fingerprint density at radius 1 is 1.67 bits per heavy atom. The van der Waals surface area contributed by atoms with Crippen LogP contribution >= 0.6 is 11.5 Å². The molecule has 2 rings (SSSR count). The lowest BCUT2D eigenvalue weighted by Crippen LogP contribution is -2.02. The fourth-order valence-corrected chi connectivity index (χ4v) is 1.85. The molecule has 4 heteroatoms. The van der Waals surface area contributed by atoms with Crippen LogP contribution in [0.25, 0.3) is 0 Å². The quantitative estimate of drug-likeness (QED) is 0.778. The number of hydrogen-bond donors (Lipinski definition) is 1. The Hall–Kier alpha value is -0.640. The highest BCUT2D eigenvalue weighted by molar-refractivity contribution is 7.09. The van der Waals surface area contributed by atoms with E-state index in [0.29, 0.717) is 6.04 Å². The van der Waals surface area contributed by atoms with Crippen LogP contribution in [0.2, 0.25) is 0 Å². The van der Waals surface area contributed by atoms with Gasteiger partial charge in [-0.25, -0.2) is 4.98 Å². The molecule has 12 heavy (non-hydrogen) atoms. The molecule has 1 fully saturated rings.